The molecule has 0 aliphatic carbocycles. The maximum atomic E-state index is 12.1. The van der Waals surface area contributed by atoms with Gasteiger partial charge in [-0.3, -0.25) is 4.79 Å². The predicted octanol–water partition coefficient (Wildman–Crippen LogP) is 2.65. The summed E-state index contributed by atoms with van der Waals surface area (Å²) in [7, 11) is 2.10. The number of rotatable bonds is 3. The van der Waals surface area contributed by atoms with Crippen LogP contribution in [0.2, 0.25) is 10.0 Å². The molecule has 3 N–H and O–H groups in total. The first-order valence-electron chi connectivity index (χ1n) is 6.68. The molecule has 0 saturated carbocycles. The summed E-state index contributed by atoms with van der Waals surface area (Å²) in [4.78, 5) is 14.4. The zero-order chi connectivity index (χ0) is 14.7. The number of carbonyl (C=O) groups excluding carboxylic acids is 1. The molecule has 1 amide bonds. The molecule has 0 spiro atoms. The number of hydrogen-bond donors (Lipinski definition) is 2. The molecule has 0 aromatic heterocycles. The minimum atomic E-state index is -0.165. The highest BCUT2D eigenvalue weighted by Crippen LogP contribution is 2.28. The standard InChI is InChI=1S/C14H19Cl2N3O/c1-19-4-2-3-9(8-19)7-18-14(20)10-5-11(15)13(17)12(16)6-10/h5-6,9H,2-4,7-8,17H2,1H3,(H,18,20). The molecule has 1 saturated heterocycles. The molecule has 2 rings (SSSR count). The lowest BCUT2D eigenvalue weighted by molar-refractivity contribution is 0.0937. The number of anilines is 1. The molecular weight excluding hydrogens is 297 g/mol. The number of likely N-dealkylation sites (tertiary alicyclic amines) is 1. The Morgan fingerprint density at radius 1 is 1.45 bits per heavy atom. The van der Waals surface area contributed by atoms with Gasteiger partial charge in [0.05, 0.1) is 15.7 Å². The minimum absolute atomic E-state index is 0.165. The third-order valence-corrected chi connectivity index (χ3v) is 4.24. The Labute approximate surface area is 129 Å². The van der Waals surface area contributed by atoms with E-state index in [0.29, 0.717) is 33.8 Å². The number of halogens is 2. The van der Waals surface area contributed by atoms with E-state index in [1.807, 2.05) is 0 Å². The Balaban J connectivity index is 1.95. The van der Waals surface area contributed by atoms with Crippen LogP contribution in [-0.2, 0) is 0 Å². The molecule has 0 radical (unpaired) electrons. The van der Waals surface area contributed by atoms with Crippen molar-refractivity contribution in [1.29, 1.82) is 0 Å². The largest absolute Gasteiger partial charge is 0.396 e. The normalized spacial score (nSPS) is 19.9. The van der Waals surface area contributed by atoms with Gasteiger partial charge >= 0.3 is 0 Å². The zero-order valence-electron chi connectivity index (χ0n) is 11.5. The monoisotopic (exact) mass is 315 g/mol. The fourth-order valence-corrected chi connectivity index (χ4v) is 2.98. The van der Waals surface area contributed by atoms with Crippen LogP contribution < -0.4 is 11.1 Å². The number of piperidine rings is 1. The summed E-state index contributed by atoms with van der Waals surface area (Å²) in [6.07, 6.45) is 2.32. The first kappa shape index (κ1) is 15.4. The number of nitrogens with one attached hydrogen (secondary N) is 1. The highest BCUT2D eigenvalue weighted by Gasteiger charge is 2.18. The molecule has 1 aromatic rings. The Hall–Kier alpha value is -0.970. The number of benzene rings is 1. The Kier molecular flexibility index (Phi) is 5.13. The van der Waals surface area contributed by atoms with Crippen molar-refractivity contribution in [3.63, 3.8) is 0 Å². The minimum Gasteiger partial charge on any atom is -0.396 e. The number of nitrogens with zero attached hydrogens (tertiary/aromatic N) is 1. The van der Waals surface area contributed by atoms with Crippen molar-refractivity contribution in [3.05, 3.63) is 27.7 Å². The lowest BCUT2D eigenvalue weighted by Crippen LogP contribution is -2.39. The average molecular weight is 316 g/mol. The van der Waals surface area contributed by atoms with Crippen molar-refractivity contribution >= 4 is 34.8 Å². The van der Waals surface area contributed by atoms with Crippen molar-refractivity contribution in [3.8, 4) is 0 Å². The summed E-state index contributed by atoms with van der Waals surface area (Å²) < 4.78 is 0. The van der Waals surface area contributed by atoms with Gasteiger partial charge in [0.2, 0.25) is 0 Å². The van der Waals surface area contributed by atoms with Gasteiger partial charge in [-0.1, -0.05) is 23.2 Å². The molecule has 4 nitrogen and oxygen atoms in total. The molecule has 1 aliphatic rings. The van der Waals surface area contributed by atoms with E-state index in [0.717, 1.165) is 19.5 Å². The number of nitrogen functional groups attached to an aromatic ring is 1. The summed E-state index contributed by atoms with van der Waals surface area (Å²) in [5, 5.41) is 3.55. The van der Waals surface area contributed by atoms with Crippen LogP contribution in [0.25, 0.3) is 0 Å². The van der Waals surface area contributed by atoms with Crippen LogP contribution in [0.1, 0.15) is 23.2 Å². The van der Waals surface area contributed by atoms with Crippen LogP contribution in [-0.4, -0.2) is 37.5 Å². The van der Waals surface area contributed by atoms with Crippen LogP contribution >= 0.6 is 23.2 Å². The summed E-state index contributed by atoms with van der Waals surface area (Å²) in [6.45, 7) is 2.82. The van der Waals surface area contributed by atoms with Gasteiger partial charge in [-0.25, -0.2) is 0 Å². The van der Waals surface area contributed by atoms with Gasteiger partial charge < -0.3 is 16.0 Å². The van der Waals surface area contributed by atoms with E-state index in [9.17, 15) is 4.79 Å². The van der Waals surface area contributed by atoms with Gasteiger partial charge in [0.15, 0.2) is 0 Å². The van der Waals surface area contributed by atoms with Crippen molar-refractivity contribution < 1.29 is 4.79 Å². The van der Waals surface area contributed by atoms with E-state index in [1.165, 1.54) is 6.42 Å². The first-order chi connectivity index (χ1) is 9.47. The molecule has 1 unspecified atom stereocenters. The lowest BCUT2D eigenvalue weighted by Gasteiger charge is -2.29. The Morgan fingerprint density at radius 3 is 2.70 bits per heavy atom. The Bertz CT molecular complexity index is 484. The van der Waals surface area contributed by atoms with Crippen molar-refractivity contribution in [2.24, 2.45) is 5.92 Å². The van der Waals surface area contributed by atoms with Gasteiger partial charge in [0.1, 0.15) is 0 Å². The highest BCUT2D eigenvalue weighted by molar-refractivity contribution is 6.39. The second-order valence-electron chi connectivity index (χ2n) is 5.33. The van der Waals surface area contributed by atoms with E-state index < -0.39 is 0 Å². The molecule has 0 bridgehead atoms. The number of carbonyl (C=O) groups is 1. The highest BCUT2D eigenvalue weighted by atomic mass is 35.5. The van der Waals surface area contributed by atoms with Gasteiger partial charge in [0.25, 0.3) is 5.91 Å². The summed E-state index contributed by atoms with van der Waals surface area (Å²) in [6, 6.07) is 3.09. The summed E-state index contributed by atoms with van der Waals surface area (Å²) >= 11 is 11.9. The molecule has 110 valence electrons. The van der Waals surface area contributed by atoms with Gasteiger partial charge in [-0.2, -0.15) is 0 Å². The topological polar surface area (TPSA) is 58.4 Å². The van der Waals surface area contributed by atoms with E-state index >= 15 is 0 Å². The second kappa shape index (κ2) is 6.66. The van der Waals surface area contributed by atoms with E-state index in [4.69, 9.17) is 28.9 Å². The van der Waals surface area contributed by atoms with Crippen molar-refractivity contribution in [2.45, 2.75) is 12.8 Å². The Morgan fingerprint density at radius 2 is 2.10 bits per heavy atom. The number of hydrogen-bond acceptors (Lipinski definition) is 3. The molecule has 1 aliphatic heterocycles. The molecular formula is C14H19Cl2N3O. The van der Waals surface area contributed by atoms with Gasteiger partial charge in [0, 0.05) is 18.7 Å². The van der Waals surface area contributed by atoms with Crippen LogP contribution in [0.4, 0.5) is 5.69 Å². The van der Waals surface area contributed by atoms with Crippen LogP contribution in [0.5, 0.6) is 0 Å². The smallest absolute Gasteiger partial charge is 0.251 e. The van der Waals surface area contributed by atoms with E-state index in [1.54, 1.807) is 12.1 Å². The molecule has 20 heavy (non-hydrogen) atoms. The lowest BCUT2D eigenvalue weighted by atomic mass is 9.98. The second-order valence-corrected chi connectivity index (χ2v) is 6.15. The molecule has 1 heterocycles. The fraction of sp³-hybridized carbons (Fsp3) is 0.500. The van der Waals surface area contributed by atoms with Crippen molar-refractivity contribution in [1.82, 2.24) is 10.2 Å². The van der Waals surface area contributed by atoms with Crippen molar-refractivity contribution in [2.75, 3.05) is 32.4 Å². The third kappa shape index (κ3) is 3.78. The first-order valence-corrected chi connectivity index (χ1v) is 7.44. The number of nitrogens with two attached hydrogens (primary N) is 1. The maximum absolute atomic E-state index is 12.1. The number of amides is 1. The molecule has 6 heteroatoms. The molecule has 1 atom stereocenters. The molecule has 1 aromatic carbocycles. The molecule has 1 fully saturated rings. The maximum Gasteiger partial charge on any atom is 0.251 e. The van der Waals surface area contributed by atoms with E-state index in [-0.39, 0.29) is 5.91 Å². The SMILES string of the molecule is CN1CCCC(CNC(=O)c2cc(Cl)c(N)c(Cl)c2)C1. The fourth-order valence-electron chi connectivity index (χ4n) is 2.49. The van der Waals surface area contributed by atoms with Gasteiger partial charge in [-0.05, 0) is 44.5 Å². The van der Waals surface area contributed by atoms with Gasteiger partial charge in [-0.15, -0.1) is 0 Å². The van der Waals surface area contributed by atoms with Crippen LogP contribution in [0.3, 0.4) is 0 Å². The summed E-state index contributed by atoms with van der Waals surface area (Å²) in [5.74, 6) is 0.333. The van der Waals surface area contributed by atoms with Crippen LogP contribution in [0.15, 0.2) is 12.1 Å². The van der Waals surface area contributed by atoms with Crippen LogP contribution in [0, 0.1) is 5.92 Å². The third-order valence-electron chi connectivity index (χ3n) is 3.61. The summed E-state index contributed by atoms with van der Waals surface area (Å²) in [5.41, 5.74) is 6.40. The predicted molar refractivity (Wildman–Crippen MR) is 83.4 cm³/mol. The zero-order valence-corrected chi connectivity index (χ0v) is 13.0. The average Bonchev–Trinajstić information content (AvgIpc) is 2.41. The van der Waals surface area contributed by atoms with E-state index in [2.05, 4.69) is 17.3 Å². The quantitative estimate of drug-likeness (QED) is 0.843.